The van der Waals surface area contributed by atoms with Crippen LogP contribution in [-0.4, -0.2) is 36.8 Å². The number of aryl methyl sites for hydroxylation is 1. The summed E-state index contributed by atoms with van der Waals surface area (Å²) < 4.78 is 4.01. The standard InChI is InChI=1S/C13H17N7O3/c1-6-7(2)20-9-10(17(3)13(23)18(4)11(9)22)15-12(20)19(16-6)5-8(14)21/h7H,5H2,1-4H3,(H2,14,21). The minimum absolute atomic E-state index is 0.165. The fourth-order valence-electron chi connectivity index (χ4n) is 2.71. The molecule has 2 aromatic heterocycles. The van der Waals surface area contributed by atoms with Crippen molar-refractivity contribution in [2.75, 3.05) is 11.6 Å². The van der Waals surface area contributed by atoms with E-state index in [4.69, 9.17) is 5.73 Å². The highest BCUT2D eigenvalue weighted by Gasteiger charge is 2.30. The van der Waals surface area contributed by atoms with E-state index in [1.807, 2.05) is 6.92 Å². The van der Waals surface area contributed by atoms with Crippen molar-refractivity contribution in [1.29, 1.82) is 0 Å². The van der Waals surface area contributed by atoms with Gasteiger partial charge in [0, 0.05) is 14.1 Å². The van der Waals surface area contributed by atoms with Crippen LogP contribution in [0.4, 0.5) is 5.95 Å². The van der Waals surface area contributed by atoms with Gasteiger partial charge in [0.25, 0.3) is 5.56 Å². The molecular weight excluding hydrogens is 302 g/mol. The quantitative estimate of drug-likeness (QED) is 0.735. The second-order valence-electron chi connectivity index (χ2n) is 5.60. The number of hydrogen-bond acceptors (Lipinski definition) is 6. The van der Waals surface area contributed by atoms with Gasteiger partial charge in [-0.2, -0.15) is 10.1 Å². The smallest absolute Gasteiger partial charge is 0.332 e. The van der Waals surface area contributed by atoms with Crippen LogP contribution < -0.4 is 22.0 Å². The number of aromatic nitrogens is 4. The Balaban J connectivity index is 2.43. The Labute approximate surface area is 130 Å². The number of carbonyl (C=O) groups is 1. The van der Waals surface area contributed by atoms with Crippen molar-refractivity contribution in [3.63, 3.8) is 0 Å². The number of anilines is 1. The Morgan fingerprint density at radius 3 is 2.52 bits per heavy atom. The zero-order chi connectivity index (χ0) is 17.0. The van der Waals surface area contributed by atoms with Crippen LogP contribution in [0.25, 0.3) is 11.2 Å². The second-order valence-corrected chi connectivity index (χ2v) is 5.60. The molecule has 3 rings (SSSR count). The minimum Gasteiger partial charge on any atom is -0.368 e. The van der Waals surface area contributed by atoms with Gasteiger partial charge in [0.15, 0.2) is 11.2 Å². The van der Waals surface area contributed by atoms with E-state index in [1.54, 1.807) is 18.5 Å². The van der Waals surface area contributed by atoms with E-state index in [2.05, 4.69) is 10.1 Å². The van der Waals surface area contributed by atoms with Gasteiger partial charge in [-0.1, -0.05) is 0 Å². The van der Waals surface area contributed by atoms with Gasteiger partial charge < -0.3 is 5.73 Å². The summed E-state index contributed by atoms with van der Waals surface area (Å²) in [6.45, 7) is 3.50. The van der Waals surface area contributed by atoms with Gasteiger partial charge in [-0.25, -0.2) is 9.80 Å². The summed E-state index contributed by atoms with van der Waals surface area (Å²) in [7, 11) is 2.96. The molecular formula is C13H17N7O3. The molecule has 3 heterocycles. The van der Waals surface area contributed by atoms with Crippen LogP contribution in [0.3, 0.4) is 0 Å². The number of amides is 1. The molecule has 0 saturated heterocycles. The van der Waals surface area contributed by atoms with E-state index >= 15 is 0 Å². The first kappa shape index (κ1) is 15.0. The SMILES string of the molecule is CC1=NN(CC(N)=O)c2nc3c(c(=O)n(C)c(=O)n3C)n2C1C. The predicted molar refractivity (Wildman–Crippen MR) is 84.6 cm³/mol. The molecule has 2 N–H and O–H groups in total. The molecule has 1 aliphatic rings. The fraction of sp³-hybridized carbons (Fsp3) is 0.462. The normalized spacial score (nSPS) is 17.3. The molecule has 0 aromatic carbocycles. The zero-order valence-electron chi connectivity index (χ0n) is 13.3. The summed E-state index contributed by atoms with van der Waals surface area (Å²) in [5, 5.41) is 5.66. The van der Waals surface area contributed by atoms with Gasteiger partial charge in [0.2, 0.25) is 11.9 Å². The highest BCUT2D eigenvalue weighted by molar-refractivity contribution is 5.92. The molecule has 2 aromatic rings. The van der Waals surface area contributed by atoms with Crippen LogP contribution in [0.15, 0.2) is 14.7 Å². The minimum atomic E-state index is -0.573. The van der Waals surface area contributed by atoms with Crippen LogP contribution in [0.1, 0.15) is 19.9 Å². The van der Waals surface area contributed by atoms with Crippen molar-refractivity contribution in [1.82, 2.24) is 18.7 Å². The zero-order valence-corrected chi connectivity index (χ0v) is 13.3. The van der Waals surface area contributed by atoms with Crippen LogP contribution in [0, 0.1) is 0 Å². The lowest BCUT2D eigenvalue weighted by molar-refractivity contribution is -0.116. The fourth-order valence-corrected chi connectivity index (χ4v) is 2.71. The summed E-state index contributed by atoms with van der Waals surface area (Å²) >= 11 is 0. The molecule has 0 aliphatic carbocycles. The highest BCUT2D eigenvalue weighted by atomic mass is 16.2. The lowest BCUT2D eigenvalue weighted by atomic mass is 10.2. The van der Waals surface area contributed by atoms with Gasteiger partial charge in [0.05, 0.1) is 11.8 Å². The molecule has 23 heavy (non-hydrogen) atoms. The van der Waals surface area contributed by atoms with Crippen molar-refractivity contribution < 1.29 is 4.79 Å². The van der Waals surface area contributed by atoms with Crippen molar-refractivity contribution in [2.24, 2.45) is 24.9 Å². The molecule has 1 atom stereocenters. The van der Waals surface area contributed by atoms with Gasteiger partial charge in [-0.15, -0.1) is 0 Å². The van der Waals surface area contributed by atoms with Crippen LogP contribution in [-0.2, 0) is 18.9 Å². The third-order valence-electron chi connectivity index (χ3n) is 4.08. The Morgan fingerprint density at radius 1 is 1.26 bits per heavy atom. The Bertz CT molecular complexity index is 978. The monoisotopic (exact) mass is 319 g/mol. The van der Waals surface area contributed by atoms with Gasteiger partial charge in [0.1, 0.15) is 6.54 Å². The van der Waals surface area contributed by atoms with E-state index in [9.17, 15) is 14.4 Å². The average Bonchev–Trinajstić information content (AvgIpc) is 2.88. The van der Waals surface area contributed by atoms with Gasteiger partial charge in [-0.05, 0) is 13.8 Å². The number of hydrazone groups is 1. The lowest BCUT2D eigenvalue weighted by Crippen LogP contribution is -2.39. The molecule has 1 unspecified atom stereocenters. The van der Waals surface area contributed by atoms with Crippen LogP contribution in [0.5, 0.6) is 0 Å². The lowest BCUT2D eigenvalue weighted by Gasteiger charge is -2.28. The third-order valence-corrected chi connectivity index (χ3v) is 4.08. The molecule has 0 radical (unpaired) electrons. The molecule has 0 saturated carbocycles. The third kappa shape index (κ3) is 1.98. The maximum atomic E-state index is 12.6. The van der Waals surface area contributed by atoms with Crippen molar-refractivity contribution in [2.45, 2.75) is 19.9 Å². The first-order chi connectivity index (χ1) is 10.7. The maximum absolute atomic E-state index is 12.6. The molecule has 10 heteroatoms. The number of imidazole rings is 1. The molecule has 1 aliphatic heterocycles. The number of primary amides is 1. The Hall–Kier alpha value is -2.91. The van der Waals surface area contributed by atoms with E-state index in [1.165, 1.54) is 16.6 Å². The van der Waals surface area contributed by atoms with E-state index in [-0.39, 0.29) is 18.2 Å². The summed E-state index contributed by atoms with van der Waals surface area (Å²) in [6.07, 6.45) is 0. The van der Waals surface area contributed by atoms with E-state index in [0.29, 0.717) is 17.2 Å². The number of hydrogen-bond donors (Lipinski definition) is 1. The molecule has 0 spiro atoms. The highest BCUT2D eigenvalue weighted by Crippen LogP contribution is 2.29. The first-order valence-corrected chi connectivity index (χ1v) is 7.03. The number of nitrogens with two attached hydrogens (primary N) is 1. The van der Waals surface area contributed by atoms with Crippen LogP contribution in [0.2, 0.25) is 0 Å². The Morgan fingerprint density at radius 2 is 1.91 bits per heavy atom. The van der Waals surface area contributed by atoms with E-state index in [0.717, 1.165) is 4.57 Å². The summed E-state index contributed by atoms with van der Waals surface area (Å²) in [5.74, 6) is -0.258. The van der Waals surface area contributed by atoms with Crippen molar-refractivity contribution >= 4 is 28.7 Å². The van der Waals surface area contributed by atoms with Gasteiger partial charge >= 0.3 is 5.69 Å². The predicted octanol–water partition coefficient (Wildman–Crippen LogP) is -1.32. The average molecular weight is 319 g/mol. The molecule has 1 amide bonds. The maximum Gasteiger partial charge on any atom is 0.332 e. The van der Waals surface area contributed by atoms with Crippen molar-refractivity contribution in [3.05, 3.63) is 20.8 Å². The molecule has 0 fully saturated rings. The molecule has 122 valence electrons. The molecule has 10 nitrogen and oxygen atoms in total. The number of rotatable bonds is 2. The molecule has 0 bridgehead atoms. The topological polar surface area (TPSA) is 121 Å². The summed E-state index contributed by atoms with van der Waals surface area (Å²) in [5.41, 5.74) is 5.59. The number of fused-ring (bicyclic) bond motifs is 3. The van der Waals surface area contributed by atoms with Crippen LogP contribution >= 0.6 is 0 Å². The number of carbonyl (C=O) groups excluding carboxylic acids is 1. The van der Waals surface area contributed by atoms with Gasteiger partial charge in [-0.3, -0.25) is 23.3 Å². The summed E-state index contributed by atoms with van der Waals surface area (Å²) in [4.78, 5) is 40.3. The van der Waals surface area contributed by atoms with E-state index < -0.39 is 17.2 Å². The summed E-state index contributed by atoms with van der Waals surface area (Å²) in [6, 6.07) is -0.232. The Kier molecular flexibility index (Phi) is 3.13. The second kappa shape index (κ2) is 4.80. The van der Waals surface area contributed by atoms with Crippen molar-refractivity contribution in [3.8, 4) is 0 Å². The number of nitrogens with zero attached hydrogens (tertiary/aromatic N) is 6. The largest absolute Gasteiger partial charge is 0.368 e. The first-order valence-electron chi connectivity index (χ1n) is 7.03.